The minimum atomic E-state index is -4.39. The number of nitrogens with zero attached hydrogens (tertiary/aromatic N) is 3. The van der Waals surface area contributed by atoms with Gasteiger partial charge >= 0.3 is 6.18 Å². The average molecular weight is 365 g/mol. The van der Waals surface area contributed by atoms with Crippen LogP contribution < -0.4 is 4.90 Å². The third kappa shape index (κ3) is 3.33. The SMILES string of the molecule is Cc1nc(N(C)C(C)c2ccccc2C(F)(F)F)c2sc(C)cc2n1. The Morgan fingerprint density at radius 1 is 1.12 bits per heavy atom. The molecule has 1 aromatic carbocycles. The van der Waals surface area contributed by atoms with Crippen LogP contribution in [0.4, 0.5) is 19.0 Å². The fraction of sp³-hybridized carbons (Fsp3) is 0.333. The fourth-order valence-corrected chi connectivity index (χ4v) is 3.88. The Morgan fingerprint density at radius 2 is 1.80 bits per heavy atom. The van der Waals surface area contributed by atoms with Gasteiger partial charge in [0.15, 0.2) is 5.82 Å². The lowest BCUT2D eigenvalue weighted by Crippen LogP contribution is -2.25. The minimum Gasteiger partial charge on any atom is -0.352 e. The Morgan fingerprint density at radius 3 is 2.48 bits per heavy atom. The van der Waals surface area contributed by atoms with E-state index in [2.05, 4.69) is 9.97 Å². The van der Waals surface area contributed by atoms with Gasteiger partial charge in [-0.15, -0.1) is 11.3 Å². The quantitative estimate of drug-likeness (QED) is 0.611. The first-order valence-corrected chi connectivity index (χ1v) is 8.64. The molecule has 3 rings (SSSR count). The molecule has 0 fully saturated rings. The highest BCUT2D eigenvalue weighted by atomic mass is 32.1. The predicted molar refractivity (Wildman–Crippen MR) is 95.2 cm³/mol. The van der Waals surface area contributed by atoms with Crippen molar-refractivity contribution in [1.82, 2.24) is 9.97 Å². The monoisotopic (exact) mass is 365 g/mol. The van der Waals surface area contributed by atoms with E-state index in [9.17, 15) is 13.2 Å². The second kappa shape index (κ2) is 6.29. The third-order valence-electron chi connectivity index (χ3n) is 4.22. The van der Waals surface area contributed by atoms with Crippen molar-refractivity contribution in [3.8, 4) is 0 Å². The van der Waals surface area contributed by atoms with E-state index in [0.717, 1.165) is 21.2 Å². The van der Waals surface area contributed by atoms with Crippen LogP contribution in [0.25, 0.3) is 10.2 Å². The summed E-state index contributed by atoms with van der Waals surface area (Å²) < 4.78 is 40.9. The molecule has 0 spiro atoms. The van der Waals surface area contributed by atoms with Crippen molar-refractivity contribution in [3.05, 3.63) is 52.2 Å². The first kappa shape index (κ1) is 17.7. The van der Waals surface area contributed by atoms with Gasteiger partial charge in [-0.05, 0) is 38.5 Å². The van der Waals surface area contributed by atoms with E-state index in [0.29, 0.717) is 11.6 Å². The molecule has 0 amide bonds. The van der Waals surface area contributed by atoms with Crippen LogP contribution in [0, 0.1) is 13.8 Å². The maximum Gasteiger partial charge on any atom is 0.416 e. The highest BCUT2D eigenvalue weighted by molar-refractivity contribution is 7.19. The van der Waals surface area contributed by atoms with E-state index in [1.165, 1.54) is 12.1 Å². The van der Waals surface area contributed by atoms with Gasteiger partial charge in [0.05, 0.1) is 21.8 Å². The molecule has 0 radical (unpaired) electrons. The molecule has 1 atom stereocenters. The van der Waals surface area contributed by atoms with E-state index in [4.69, 9.17) is 0 Å². The summed E-state index contributed by atoms with van der Waals surface area (Å²) in [6.45, 7) is 5.53. The molecule has 2 heterocycles. The summed E-state index contributed by atoms with van der Waals surface area (Å²) in [5.74, 6) is 1.26. The van der Waals surface area contributed by atoms with Crippen LogP contribution in [0.2, 0.25) is 0 Å². The number of hydrogen-bond acceptors (Lipinski definition) is 4. The fourth-order valence-electron chi connectivity index (χ4n) is 2.90. The van der Waals surface area contributed by atoms with Crippen molar-refractivity contribution in [3.63, 3.8) is 0 Å². The number of anilines is 1. The maximum absolute atomic E-state index is 13.4. The molecule has 0 aliphatic rings. The molecular formula is C18H18F3N3S. The van der Waals surface area contributed by atoms with E-state index in [1.807, 2.05) is 13.0 Å². The van der Waals surface area contributed by atoms with Crippen LogP contribution in [0.15, 0.2) is 30.3 Å². The Labute approximate surface area is 148 Å². The number of aryl methyl sites for hydroxylation is 2. The Hall–Kier alpha value is -2.15. The smallest absolute Gasteiger partial charge is 0.352 e. The summed E-state index contributed by atoms with van der Waals surface area (Å²) in [6.07, 6.45) is -4.39. The lowest BCUT2D eigenvalue weighted by atomic mass is 10.00. The summed E-state index contributed by atoms with van der Waals surface area (Å²) in [5, 5.41) is 0. The summed E-state index contributed by atoms with van der Waals surface area (Å²) >= 11 is 1.55. The highest BCUT2D eigenvalue weighted by Crippen LogP contribution is 2.39. The Bertz CT molecular complexity index is 918. The molecule has 0 N–H and O–H groups in total. The van der Waals surface area contributed by atoms with E-state index >= 15 is 0 Å². The molecule has 25 heavy (non-hydrogen) atoms. The molecule has 132 valence electrons. The number of thiophene rings is 1. The number of hydrogen-bond donors (Lipinski definition) is 0. The summed E-state index contributed by atoms with van der Waals surface area (Å²) in [5.41, 5.74) is 0.446. The van der Waals surface area contributed by atoms with Crippen molar-refractivity contribution >= 4 is 27.4 Å². The van der Waals surface area contributed by atoms with Crippen molar-refractivity contribution in [2.24, 2.45) is 0 Å². The molecule has 0 saturated heterocycles. The maximum atomic E-state index is 13.4. The zero-order valence-electron chi connectivity index (χ0n) is 14.3. The van der Waals surface area contributed by atoms with Crippen LogP contribution in [0.5, 0.6) is 0 Å². The molecule has 3 aromatic rings. The van der Waals surface area contributed by atoms with E-state index in [-0.39, 0.29) is 5.56 Å². The molecule has 7 heteroatoms. The predicted octanol–water partition coefficient (Wildman–Crippen LogP) is 5.52. The Kier molecular flexibility index (Phi) is 4.45. The van der Waals surface area contributed by atoms with Crippen LogP contribution in [-0.2, 0) is 6.18 Å². The van der Waals surface area contributed by atoms with Crippen LogP contribution >= 0.6 is 11.3 Å². The summed E-state index contributed by atoms with van der Waals surface area (Å²) in [6, 6.07) is 7.17. The van der Waals surface area contributed by atoms with Gasteiger partial charge in [-0.25, -0.2) is 9.97 Å². The lowest BCUT2D eigenvalue weighted by molar-refractivity contribution is -0.138. The van der Waals surface area contributed by atoms with Crippen molar-refractivity contribution < 1.29 is 13.2 Å². The zero-order chi connectivity index (χ0) is 18.4. The molecule has 2 aromatic heterocycles. The average Bonchev–Trinajstić information content (AvgIpc) is 2.91. The molecule has 0 aliphatic heterocycles. The second-order valence-electron chi connectivity index (χ2n) is 6.04. The molecule has 0 saturated carbocycles. The number of rotatable bonds is 3. The molecule has 3 nitrogen and oxygen atoms in total. The normalized spacial score (nSPS) is 13.2. The second-order valence-corrected chi connectivity index (χ2v) is 7.29. The van der Waals surface area contributed by atoms with Gasteiger partial charge < -0.3 is 4.90 Å². The molecular weight excluding hydrogens is 347 g/mol. The van der Waals surface area contributed by atoms with E-state index in [1.54, 1.807) is 43.2 Å². The topological polar surface area (TPSA) is 29.0 Å². The number of halogens is 3. The van der Waals surface area contributed by atoms with Crippen molar-refractivity contribution in [2.75, 3.05) is 11.9 Å². The van der Waals surface area contributed by atoms with Crippen LogP contribution in [-0.4, -0.2) is 17.0 Å². The molecule has 0 aliphatic carbocycles. The Balaban J connectivity index is 2.09. The first-order valence-electron chi connectivity index (χ1n) is 7.82. The zero-order valence-corrected chi connectivity index (χ0v) is 15.2. The van der Waals surface area contributed by atoms with Gasteiger partial charge in [-0.3, -0.25) is 0 Å². The van der Waals surface area contributed by atoms with Gasteiger partial charge in [0, 0.05) is 11.9 Å². The van der Waals surface area contributed by atoms with Gasteiger partial charge in [0.25, 0.3) is 0 Å². The van der Waals surface area contributed by atoms with Crippen molar-refractivity contribution in [1.29, 1.82) is 0 Å². The first-order chi connectivity index (χ1) is 11.7. The number of benzene rings is 1. The lowest BCUT2D eigenvalue weighted by Gasteiger charge is -2.29. The molecule has 1 unspecified atom stereocenters. The van der Waals surface area contributed by atoms with Crippen LogP contribution in [0.1, 0.15) is 34.8 Å². The minimum absolute atomic E-state index is 0.232. The number of fused-ring (bicyclic) bond motifs is 1. The molecule has 0 bridgehead atoms. The standard InChI is InChI=1S/C18H18F3N3S/c1-10-9-15-16(25-10)17(23-12(3)22-15)24(4)11(2)13-7-5-6-8-14(13)18(19,20)21/h5-9,11H,1-4H3. The van der Waals surface area contributed by atoms with Crippen molar-refractivity contribution in [2.45, 2.75) is 33.0 Å². The van der Waals surface area contributed by atoms with Crippen LogP contribution in [0.3, 0.4) is 0 Å². The summed E-state index contributed by atoms with van der Waals surface area (Å²) in [4.78, 5) is 11.8. The van der Waals surface area contributed by atoms with E-state index < -0.39 is 17.8 Å². The number of alkyl halides is 3. The highest BCUT2D eigenvalue weighted by Gasteiger charge is 2.35. The van der Waals surface area contributed by atoms with Gasteiger partial charge in [-0.1, -0.05) is 18.2 Å². The van der Waals surface area contributed by atoms with Gasteiger partial charge in [-0.2, -0.15) is 13.2 Å². The third-order valence-corrected chi connectivity index (χ3v) is 5.26. The number of aromatic nitrogens is 2. The largest absolute Gasteiger partial charge is 0.416 e. The van der Waals surface area contributed by atoms with Gasteiger partial charge in [0.1, 0.15) is 5.82 Å². The summed E-state index contributed by atoms with van der Waals surface area (Å²) in [7, 11) is 1.77. The van der Waals surface area contributed by atoms with Gasteiger partial charge in [0.2, 0.25) is 0 Å².